The van der Waals surface area contributed by atoms with Gasteiger partial charge in [-0.25, -0.2) is 4.79 Å². The molecule has 0 fully saturated rings. The minimum absolute atomic E-state index is 0.217. The second-order valence-electron chi connectivity index (χ2n) is 4.21. The number of aryl methyl sites for hydroxylation is 1. The summed E-state index contributed by atoms with van der Waals surface area (Å²) in [6.07, 6.45) is 5.08. The van der Waals surface area contributed by atoms with Gasteiger partial charge in [-0.05, 0) is 30.9 Å². The molecule has 0 amide bonds. The first-order valence-electron chi connectivity index (χ1n) is 5.61. The highest BCUT2D eigenvalue weighted by Crippen LogP contribution is 2.27. The van der Waals surface area contributed by atoms with Crippen molar-refractivity contribution in [3.63, 3.8) is 0 Å². The van der Waals surface area contributed by atoms with Crippen LogP contribution in [-0.4, -0.2) is 34.1 Å². The Morgan fingerprint density at radius 3 is 2.88 bits per heavy atom. The fraction of sp³-hybridized carbons (Fsp3) is 0.500. The Balaban J connectivity index is 2.21. The summed E-state index contributed by atoms with van der Waals surface area (Å²) in [6.45, 7) is 0. The molecule has 5 nitrogen and oxygen atoms in total. The molecule has 1 aromatic heterocycles. The molecule has 0 saturated heterocycles. The highest BCUT2D eigenvalue weighted by atomic mass is 16.5. The molecule has 0 bridgehead atoms. The third kappa shape index (κ3) is 2.39. The maximum Gasteiger partial charge on any atom is 0.354 e. The number of methoxy groups -OCH3 is 1. The van der Waals surface area contributed by atoms with E-state index >= 15 is 0 Å². The van der Waals surface area contributed by atoms with Crippen LogP contribution >= 0.6 is 0 Å². The summed E-state index contributed by atoms with van der Waals surface area (Å²) in [5.41, 5.74) is 2.09. The molecule has 0 saturated carbocycles. The molecule has 17 heavy (non-hydrogen) atoms. The van der Waals surface area contributed by atoms with Crippen molar-refractivity contribution in [1.82, 2.24) is 9.78 Å². The van der Waals surface area contributed by atoms with Gasteiger partial charge in [0.15, 0.2) is 0 Å². The molecule has 5 heteroatoms. The van der Waals surface area contributed by atoms with Crippen molar-refractivity contribution in [1.29, 1.82) is 0 Å². The zero-order valence-electron chi connectivity index (χ0n) is 10.0. The molecule has 0 spiro atoms. The van der Waals surface area contributed by atoms with Crippen LogP contribution in [0.3, 0.4) is 0 Å². The van der Waals surface area contributed by atoms with E-state index in [2.05, 4.69) is 11.2 Å². The van der Waals surface area contributed by atoms with E-state index in [4.69, 9.17) is 9.84 Å². The Bertz CT molecular complexity index is 462. The average molecular weight is 236 g/mol. The Morgan fingerprint density at radius 2 is 2.41 bits per heavy atom. The van der Waals surface area contributed by atoms with Gasteiger partial charge < -0.3 is 9.84 Å². The van der Waals surface area contributed by atoms with E-state index in [1.165, 1.54) is 4.68 Å². The Morgan fingerprint density at radius 1 is 1.65 bits per heavy atom. The minimum atomic E-state index is -0.947. The molecule has 1 unspecified atom stereocenters. The zero-order valence-corrected chi connectivity index (χ0v) is 10.0. The Hall–Kier alpha value is -1.62. The predicted octanol–water partition coefficient (Wildman–Crippen LogP) is 1.70. The number of carboxylic acid groups (broad SMARTS) is 1. The summed E-state index contributed by atoms with van der Waals surface area (Å²) < 4.78 is 6.68. The van der Waals surface area contributed by atoms with E-state index in [0.717, 1.165) is 30.5 Å². The first kappa shape index (κ1) is 11.9. The van der Waals surface area contributed by atoms with Crippen molar-refractivity contribution >= 4 is 11.5 Å². The van der Waals surface area contributed by atoms with Crippen LogP contribution in [0.25, 0.3) is 5.57 Å². The fourth-order valence-corrected chi connectivity index (χ4v) is 2.08. The van der Waals surface area contributed by atoms with E-state index in [0.29, 0.717) is 0 Å². The lowest BCUT2D eigenvalue weighted by molar-refractivity contribution is 0.0685. The van der Waals surface area contributed by atoms with Gasteiger partial charge in [-0.15, -0.1) is 0 Å². The van der Waals surface area contributed by atoms with Gasteiger partial charge in [-0.1, -0.05) is 6.08 Å². The minimum Gasteiger partial charge on any atom is -0.477 e. The van der Waals surface area contributed by atoms with Crippen molar-refractivity contribution in [2.45, 2.75) is 25.4 Å². The lowest BCUT2D eigenvalue weighted by atomic mass is 9.95. The van der Waals surface area contributed by atoms with Crippen LogP contribution in [0.2, 0.25) is 0 Å². The van der Waals surface area contributed by atoms with Gasteiger partial charge in [0.05, 0.1) is 11.8 Å². The number of allylic oxidation sites excluding steroid dienone is 1. The number of aromatic nitrogens is 2. The summed E-state index contributed by atoms with van der Waals surface area (Å²) in [4.78, 5) is 10.9. The summed E-state index contributed by atoms with van der Waals surface area (Å²) in [5.74, 6) is -0.947. The van der Waals surface area contributed by atoms with Gasteiger partial charge in [0.2, 0.25) is 0 Å². The molecule has 1 aliphatic carbocycles. The third-order valence-electron chi connectivity index (χ3n) is 3.12. The molecule has 0 radical (unpaired) electrons. The maximum absolute atomic E-state index is 10.9. The summed E-state index contributed by atoms with van der Waals surface area (Å²) in [5, 5.41) is 13.2. The smallest absolute Gasteiger partial charge is 0.354 e. The van der Waals surface area contributed by atoms with E-state index in [9.17, 15) is 4.79 Å². The molecular formula is C12H16N2O3. The van der Waals surface area contributed by atoms with E-state index in [1.54, 1.807) is 20.2 Å². The monoisotopic (exact) mass is 236 g/mol. The van der Waals surface area contributed by atoms with Crippen molar-refractivity contribution < 1.29 is 14.6 Å². The Labute approximate surface area is 99.7 Å². The Kier molecular flexibility index (Phi) is 3.28. The van der Waals surface area contributed by atoms with Crippen LogP contribution < -0.4 is 0 Å². The van der Waals surface area contributed by atoms with Crippen LogP contribution in [0.1, 0.15) is 35.4 Å². The van der Waals surface area contributed by atoms with E-state index in [-0.39, 0.29) is 11.8 Å². The van der Waals surface area contributed by atoms with Crippen LogP contribution in [0.5, 0.6) is 0 Å². The number of rotatable bonds is 3. The number of nitrogens with zero attached hydrogens (tertiary/aromatic N) is 2. The molecule has 0 aromatic carbocycles. The van der Waals surface area contributed by atoms with Crippen LogP contribution in [0.4, 0.5) is 0 Å². The van der Waals surface area contributed by atoms with Crippen molar-refractivity contribution in [3.05, 3.63) is 23.5 Å². The molecule has 92 valence electrons. The first-order valence-corrected chi connectivity index (χ1v) is 5.61. The van der Waals surface area contributed by atoms with Crippen molar-refractivity contribution in [2.75, 3.05) is 7.11 Å². The van der Waals surface area contributed by atoms with Gasteiger partial charge in [-0.2, -0.15) is 5.10 Å². The molecule has 0 aliphatic heterocycles. The topological polar surface area (TPSA) is 64.3 Å². The van der Waals surface area contributed by atoms with E-state index < -0.39 is 5.97 Å². The van der Waals surface area contributed by atoms with Crippen molar-refractivity contribution in [2.24, 2.45) is 7.05 Å². The summed E-state index contributed by atoms with van der Waals surface area (Å²) in [6, 6.07) is 1.63. The first-order chi connectivity index (χ1) is 8.11. The highest BCUT2D eigenvalue weighted by Gasteiger charge is 2.18. The summed E-state index contributed by atoms with van der Waals surface area (Å²) >= 11 is 0. The second kappa shape index (κ2) is 4.71. The number of carbonyl (C=O) groups is 1. The van der Waals surface area contributed by atoms with Crippen LogP contribution in [-0.2, 0) is 11.8 Å². The standard InChI is InChI=1S/C12H16N2O3/c1-14-11(12(15)16)7-10(13-14)8-3-5-9(17-2)6-4-8/h3,7,9H,4-6H2,1-2H3,(H,15,16). The molecule has 2 rings (SSSR count). The average Bonchev–Trinajstić information content (AvgIpc) is 2.71. The van der Waals surface area contributed by atoms with Gasteiger partial charge in [0.1, 0.15) is 5.69 Å². The van der Waals surface area contributed by atoms with E-state index in [1.807, 2.05) is 0 Å². The number of hydrogen-bond acceptors (Lipinski definition) is 3. The molecule has 1 aliphatic rings. The molecule has 1 aromatic rings. The zero-order chi connectivity index (χ0) is 12.4. The largest absolute Gasteiger partial charge is 0.477 e. The summed E-state index contributed by atoms with van der Waals surface area (Å²) in [7, 11) is 3.36. The molecular weight excluding hydrogens is 220 g/mol. The van der Waals surface area contributed by atoms with Gasteiger partial charge in [0.25, 0.3) is 0 Å². The predicted molar refractivity (Wildman–Crippen MR) is 62.8 cm³/mol. The SMILES string of the molecule is COC1CC=C(c2cc(C(=O)O)n(C)n2)CC1. The molecule has 1 heterocycles. The number of aromatic carboxylic acids is 1. The van der Waals surface area contributed by atoms with Gasteiger partial charge in [0, 0.05) is 14.2 Å². The number of hydrogen-bond donors (Lipinski definition) is 1. The lowest BCUT2D eigenvalue weighted by Crippen LogP contribution is -2.13. The molecule has 1 N–H and O–H groups in total. The van der Waals surface area contributed by atoms with Gasteiger partial charge in [-0.3, -0.25) is 4.68 Å². The third-order valence-corrected chi connectivity index (χ3v) is 3.12. The quantitative estimate of drug-likeness (QED) is 0.867. The maximum atomic E-state index is 10.9. The normalized spacial score (nSPS) is 20.1. The number of carboxylic acids is 1. The molecule has 1 atom stereocenters. The van der Waals surface area contributed by atoms with Crippen LogP contribution in [0, 0.1) is 0 Å². The fourth-order valence-electron chi connectivity index (χ4n) is 2.08. The number of ether oxygens (including phenoxy) is 1. The highest BCUT2D eigenvalue weighted by molar-refractivity contribution is 5.86. The van der Waals surface area contributed by atoms with Gasteiger partial charge >= 0.3 is 5.97 Å². The second-order valence-corrected chi connectivity index (χ2v) is 4.21. The van der Waals surface area contributed by atoms with Crippen LogP contribution in [0.15, 0.2) is 12.1 Å². The lowest BCUT2D eigenvalue weighted by Gasteiger charge is -2.19. The van der Waals surface area contributed by atoms with Crippen molar-refractivity contribution in [3.8, 4) is 0 Å².